The molecule has 1 rings (SSSR count). The van der Waals surface area contributed by atoms with Gasteiger partial charge in [-0.05, 0) is 41.8 Å². The Balaban J connectivity index is 2.75. The minimum absolute atomic E-state index is 0.117. The van der Waals surface area contributed by atoms with E-state index in [-0.39, 0.29) is 5.76 Å². The molecule has 1 unspecified atom stereocenters. The number of hydrogen-bond acceptors (Lipinski definition) is 3. The third-order valence-electron chi connectivity index (χ3n) is 2.36. The van der Waals surface area contributed by atoms with E-state index in [1.54, 1.807) is 19.1 Å². The van der Waals surface area contributed by atoms with Crippen molar-refractivity contribution < 1.29 is 19.1 Å². The van der Waals surface area contributed by atoms with Crippen LogP contribution in [-0.2, 0) is 4.79 Å². The molecule has 0 bridgehead atoms. The molecule has 0 aromatic carbocycles. The lowest BCUT2D eigenvalue weighted by Gasteiger charge is -2.12. The van der Waals surface area contributed by atoms with E-state index >= 15 is 0 Å². The fourth-order valence-corrected chi connectivity index (χ4v) is 1.94. The first kappa shape index (κ1) is 14.5. The number of aliphatic carboxylic acids is 1. The molecule has 0 spiro atoms. The Morgan fingerprint density at radius 2 is 2.33 bits per heavy atom. The van der Waals surface area contributed by atoms with Gasteiger partial charge in [0.2, 0.25) is 0 Å². The normalized spacial score (nSPS) is 11.9. The van der Waals surface area contributed by atoms with Crippen LogP contribution in [0.15, 0.2) is 27.8 Å². The zero-order valence-corrected chi connectivity index (χ0v) is 11.5. The van der Waals surface area contributed by atoms with Crippen LogP contribution in [0.5, 0.6) is 0 Å². The van der Waals surface area contributed by atoms with Gasteiger partial charge in [-0.1, -0.05) is 6.08 Å². The van der Waals surface area contributed by atoms with E-state index in [9.17, 15) is 9.59 Å². The van der Waals surface area contributed by atoms with Crippen molar-refractivity contribution in [1.82, 2.24) is 5.32 Å². The number of furan rings is 1. The molecule has 5 nitrogen and oxygen atoms in total. The highest BCUT2D eigenvalue weighted by Gasteiger charge is 2.23. The minimum atomic E-state index is -1.08. The van der Waals surface area contributed by atoms with Gasteiger partial charge in [0.15, 0.2) is 10.4 Å². The summed E-state index contributed by atoms with van der Waals surface area (Å²) in [5.41, 5.74) is 0.646. The maximum Gasteiger partial charge on any atom is 0.326 e. The first-order valence-electron chi connectivity index (χ1n) is 5.36. The fraction of sp³-hybridized carbons (Fsp3) is 0.333. The number of aryl methyl sites for hydroxylation is 1. The summed E-state index contributed by atoms with van der Waals surface area (Å²) < 4.78 is 5.59. The third kappa shape index (κ3) is 3.73. The Bertz CT molecular complexity index is 467. The van der Waals surface area contributed by atoms with Gasteiger partial charge in [-0.2, -0.15) is 0 Å². The molecule has 2 N–H and O–H groups in total. The number of carboxylic acid groups (broad SMARTS) is 1. The van der Waals surface area contributed by atoms with Crippen LogP contribution in [0.25, 0.3) is 0 Å². The number of hydrogen-bond donors (Lipinski definition) is 2. The molecular formula is C12H14BrNO4. The monoisotopic (exact) mass is 315 g/mol. The zero-order chi connectivity index (χ0) is 13.7. The summed E-state index contributed by atoms with van der Waals surface area (Å²) in [5.74, 6) is -1.49. The molecule has 6 heteroatoms. The van der Waals surface area contributed by atoms with E-state index in [1.807, 2.05) is 0 Å². The second kappa shape index (κ2) is 6.39. The number of carbonyl (C=O) groups excluding carboxylic acids is 1. The summed E-state index contributed by atoms with van der Waals surface area (Å²) >= 11 is 3.11. The highest BCUT2D eigenvalue weighted by molar-refractivity contribution is 9.10. The molecular weight excluding hydrogens is 302 g/mol. The Hall–Kier alpha value is -1.56. The summed E-state index contributed by atoms with van der Waals surface area (Å²) in [6, 6.07) is 0.702. The van der Waals surface area contributed by atoms with Gasteiger partial charge in [-0.15, -0.1) is 6.58 Å². The largest absolute Gasteiger partial charge is 0.480 e. The molecule has 0 saturated carbocycles. The average molecular weight is 316 g/mol. The molecule has 1 aromatic rings. The van der Waals surface area contributed by atoms with Crippen LogP contribution in [0, 0.1) is 6.92 Å². The Labute approximate surface area is 113 Å². The number of nitrogens with one attached hydrogen (secondary N) is 1. The predicted octanol–water partition coefficient (Wildman–Crippen LogP) is 2.50. The van der Waals surface area contributed by atoms with Gasteiger partial charge >= 0.3 is 5.97 Å². The van der Waals surface area contributed by atoms with Crippen molar-refractivity contribution in [2.75, 3.05) is 0 Å². The molecule has 0 fully saturated rings. The van der Waals surface area contributed by atoms with Gasteiger partial charge in [-0.3, -0.25) is 4.79 Å². The molecule has 1 amide bonds. The van der Waals surface area contributed by atoms with Crippen molar-refractivity contribution in [2.45, 2.75) is 25.8 Å². The van der Waals surface area contributed by atoms with E-state index in [2.05, 4.69) is 27.8 Å². The molecule has 0 radical (unpaired) electrons. The topological polar surface area (TPSA) is 79.5 Å². The van der Waals surface area contributed by atoms with Gasteiger partial charge in [0.05, 0.1) is 0 Å². The Morgan fingerprint density at radius 3 is 2.78 bits per heavy atom. The first-order valence-corrected chi connectivity index (χ1v) is 6.15. The highest BCUT2D eigenvalue weighted by Crippen LogP contribution is 2.19. The molecule has 98 valence electrons. The fourth-order valence-electron chi connectivity index (χ4n) is 1.43. The summed E-state index contributed by atoms with van der Waals surface area (Å²) in [7, 11) is 0. The van der Waals surface area contributed by atoms with Crippen LogP contribution in [-0.4, -0.2) is 23.0 Å². The average Bonchev–Trinajstić information content (AvgIpc) is 2.63. The number of carbonyl (C=O) groups is 2. The van der Waals surface area contributed by atoms with E-state index in [0.29, 0.717) is 23.1 Å². The van der Waals surface area contributed by atoms with Gasteiger partial charge in [0, 0.05) is 5.56 Å². The lowest BCUT2D eigenvalue weighted by Crippen LogP contribution is -2.40. The van der Waals surface area contributed by atoms with Gasteiger partial charge in [-0.25, -0.2) is 4.79 Å². The molecule has 0 saturated heterocycles. The maximum absolute atomic E-state index is 11.8. The maximum atomic E-state index is 11.8. The van der Waals surface area contributed by atoms with Crippen LogP contribution in [0.4, 0.5) is 0 Å². The molecule has 1 aromatic heterocycles. The van der Waals surface area contributed by atoms with Crippen LogP contribution < -0.4 is 5.32 Å². The summed E-state index contributed by atoms with van der Waals surface area (Å²) in [6.07, 6.45) is 2.42. The van der Waals surface area contributed by atoms with E-state index < -0.39 is 17.9 Å². The number of rotatable bonds is 6. The number of allylic oxidation sites excluding steroid dienone is 1. The number of amides is 1. The minimum Gasteiger partial charge on any atom is -0.480 e. The Kier molecular flexibility index (Phi) is 5.15. The quantitative estimate of drug-likeness (QED) is 0.790. The first-order chi connectivity index (χ1) is 8.45. The van der Waals surface area contributed by atoms with Gasteiger partial charge in [0.25, 0.3) is 5.91 Å². The van der Waals surface area contributed by atoms with Crippen molar-refractivity contribution >= 4 is 27.8 Å². The number of carboxylic acids is 1. The van der Waals surface area contributed by atoms with Crippen molar-refractivity contribution in [3.8, 4) is 0 Å². The molecule has 0 aliphatic rings. The zero-order valence-electron chi connectivity index (χ0n) is 9.90. The van der Waals surface area contributed by atoms with Crippen LogP contribution >= 0.6 is 15.9 Å². The van der Waals surface area contributed by atoms with Crippen molar-refractivity contribution in [2.24, 2.45) is 0 Å². The van der Waals surface area contributed by atoms with Crippen molar-refractivity contribution in [3.05, 3.63) is 34.7 Å². The second-order valence-electron chi connectivity index (χ2n) is 3.79. The van der Waals surface area contributed by atoms with Crippen LogP contribution in [0.2, 0.25) is 0 Å². The van der Waals surface area contributed by atoms with Crippen LogP contribution in [0.3, 0.4) is 0 Å². The molecule has 1 heterocycles. The van der Waals surface area contributed by atoms with E-state index in [4.69, 9.17) is 9.52 Å². The lowest BCUT2D eigenvalue weighted by atomic mass is 10.1. The van der Waals surface area contributed by atoms with Gasteiger partial charge in [0.1, 0.15) is 6.04 Å². The standard InChI is InChI=1S/C12H14BrNO4/c1-3-4-5-8(12(16)17)14-11(15)10-7(2)6-9(13)18-10/h3,6,8H,1,4-5H2,2H3,(H,14,15)(H,16,17). The highest BCUT2D eigenvalue weighted by atomic mass is 79.9. The van der Waals surface area contributed by atoms with E-state index in [1.165, 1.54) is 0 Å². The smallest absolute Gasteiger partial charge is 0.326 e. The third-order valence-corrected chi connectivity index (χ3v) is 2.75. The van der Waals surface area contributed by atoms with Gasteiger partial charge < -0.3 is 14.8 Å². The lowest BCUT2D eigenvalue weighted by molar-refractivity contribution is -0.139. The van der Waals surface area contributed by atoms with Crippen molar-refractivity contribution in [3.63, 3.8) is 0 Å². The molecule has 1 atom stereocenters. The number of halogens is 1. The second-order valence-corrected chi connectivity index (χ2v) is 4.57. The summed E-state index contributed by atoms with van der Waals surface area (Å²) in [6.45, 7) is 5.23. The summed E-state index contributed by atoms with van der Waals surface area (Å²) in [5, 5.41) is 11.4. The van der Waals surface area contributed by atoms with E-state index in [0.717, 1.165) is 0 Å². The molecule has 0 aliphatic carbocycles. The van der Waals surface area contributed by atoms with Crippen molar-refractivity contribution in [1.29, 1.82) is 0 Å². The summed E-state index contributed by atoms with van der Waals surface area (Å²) in [4.78, 5) is 22.8. The molecule has 0 aliphatic heterocycles. The Morgan fingerprint density at radius 1 is 1.67 bits per heavy atom. The molecule has 18 heavy (non-hydrogen) atoms. The predicted molar refractivity (Wildman–Crippen MR) is 69.5 cm³/mol. The SMILES string of the molecule is C=CCCC(NC(=O)c1oc(Br)cc1C)C(=O)O. The van der Waals surface area contributed by atoms with Crippen LogP contribution in [0.1, 0.15) is 29.0 Å².